The Labute approximate surface area is 162 Å². The van der Waals surface area contributed by atoms with Crippen molar-refractivity contribution in [1.29, 1.82) is 0 Å². The second-order valence-corrected chi connectivity index (χ2v) is 8.19. The van der Waals surface area contributed by atoms with Crippen molar-refractivity contribution >= 4 is 45.7 Å². The summed E-state index contributed by atoms with van der Waals surface area (Å²) in [6, 6.07) is 13.9. The van der Waals surface area contributed by atoms with Crippen molar-refractivity contribution in [2.75, 3.05) is 5.32 Å². The van der Waals surface area contributed by atoms with Gasteiger partial charge in [0.2, 0.25) is 0 Å². The van der Waals surface area contributed by atoms with Crippen molar-refractivity contribution in [3.05, 3.63) is 75.4 Å². The maximum Gasteiger partial charge on any atom is 0.256 e. The zero-order valence-corrected chi connectivity index (χ0v) is 15.7. The first-order valence-electron chi connectivity index (χ1n) is 7.80. The number of aromatic nitrogens is 2. The van der Waals surface area contributed by atoms with Crippen LogP contribution in [0.4, 0.5) is 5.82 Å². The summed E-state index contributed by atoms with van der Waals surface area (Å²) in [7, 11) is -1.00. The van der Waals surface area contributed by atoms with Crippen molar-refractivity contribution in [2.24, 2.45) is 0 Å². The highest BCUT2D eigenvalue weighted by Crippen LogP contribution is 2.32. The molecule has 1 aromatic heterocycles. The molecule has 5 nitrogen and oxygen atoms in total. The van der Waals surface area contributed by atoms with Crippen LogP contribution >= 0.6 is 23.2 Å². The third kappa shape index (κ3) is 3.28. The minimum absolute atomic E-state index is 0.309. The van der Waals surface area contributed by atoms with Crippen LogP contribution < -0.4 is 5.32 Å². The number of fused-ring (bicyclic) bond motifs is 1. The molecule has 0 fully saturated rings. The lowest BCUT2D eigenvalue weighted by atomic mass is 10.2. The van der Waals surface area contributed by atoms with Crippen LogP contribution in [0.2, 0.25) is 10.0 Å². The molecule has 132 valence electrons. The number of halogens is 2. The molecule has 0 spiro atoms. The first kappa shape index (κ1) is 17.3. The molecular formula is C18H13Cl2N3O2S. The molecule has 0 bridgehead atoms. The van der Waals surface area contributed by atoms with Gasteiger partial charge in [0.1, 0.15) is 5.82 Å². The number of rotatable bonds is 3. The number of amides is 1. The zero-order chi connectivity index (χ0) is 18.3. The lowest BCUT2D eigenvalue weighted by Gasteiger charge is -2.11. The van der Waals surface area contributed by atoms with E-state index in [1.807, 2.05) is 12.1 Å². The summed E-state index contributed by atoms with van der Waals surface area (Å²) in [5.74, 6) is 0.943. The Kier molecular flexibility index (Phi) is 4.56. The molecule has 3 aromatic rings. The number of nitrogens with zero attached hydrogens (tertiary/aromatic N) is 2. The van der Waals surface area contributed by atoms with Crippen LogP contribution in [0.3, 0.4) is 0 Å². The summed E-state index contributed by atoms with van der Waals surface area (Å²) < 4.78 is 13.6. The normalized spacial score (nSPS) is 15.7. The number of benzene rings is 2. The van der Waals surface area contributed by atoms with Gasteiger partial charge in [0.25, 0.3) is 5.91 Å². The molecule has 8 heteroatoms. The first-order valence-corrected chi connectivity index (χ1v) is 10.0. The van der Waals surface area contributed by atoms with Crippen LogP contribution in [-0.4, -0.2) is 19.9 Å². The first-order chi connectivity index (χ1) is 12.5. The van der Waals surface area contributed by atoms with Gasteiger partial charge >= 0.3 is 0 Å². The number of anilines is 1. The molecule has 4 rings (SSSR count). The van der Waals surface area contributed by atoms with Gasteiger partial charge in [0.15, 0.2) is 0 Å². The summed E-state index contributed by atoms with van der Waals surface area (Å²) in [4.78, 5) is 12.7. The van der Waals surface area contributed by atoms with E-state index in [0.717, 1.165) is 16.9 Å². The minimum Gasteiger partial charge on any atom is -0.306 e. The van der Waals surface area contributed by atoms with Crippen LogP contribution in [0.25, 0.3) is 5.69 Å². The molecule has 0 aliphatic carbocycles. The molecule has 1 amide bonds. The number of nitrogens with one attached hydrogen (secondary N) is 1. The van der Waals surface area contributed by atoms with E-state index in [2.05, 4.69) is 10.4 Å². The smallest absolute Gasteiger partial charge is 0.256 e. The molecule has 1 atom stereocenters. The molecule has 1 aliphatic rings. The van der Waals surface area contributed by atoms with Crippen LogP contribution in [0.5, 0.6) is 0 Å². The summed E-state index contributed by atoms with van der Waals surface area (Å²) in [5, 5.41) is 8.48. The number of hydrogen-bond donors (Lipinski definition) is 1. The minimum atomic E-state index is -1.00. The highest BCUT2D eigenvalue weighted by molar-refractivity contribution is 7.83. The van der Waals surface area contributed by atoms with Crippen LogP contribution in [-0.2, 0) is 22.3 Å². The number of carbonyl (C=O) groups is 1. The fourth-order valence-corrected chi connectivity index (χ4v) is 4.50. The standard InChI is InChI=1S/C18H13Cl2N3O2S/c19-12-4-1-3-11(7-12)18(24)21-17-15-9-26(25)10-16(15)22-23(17)14-6-2-5-13(20)8-14/h1-8H,9-10H2,(H,21,24)/t26-/m1/s1. The molecule has 26 heavy (non-hydrogen) atoms. The molecule has 0 saturated heterocycles. The van der Waals surface area contributed by atoms with Gasteiger partial charge in [-0.05, 0) is 36.4 Å². The maximum atomic E-state index is 12.7. The van der Waals surface area contributed by atoms with Crippen LogP contribution in [0.15, 0.2) is 48.5 Å². The molecule has 0 unspecified atom stereocenters. The SMILES string of the molecule is O=C(Nc1c2c(nn1-c1cccc(Cl)c1)C[S@](=O)C2)c1cccc(Cl)c1. The average molecular weight is 406 g/mol. The van der Waals surface area contributed by atoms with E-state index in [1.54, 1.807) is 41.1 Å². The summed E-state index contributed by atoms with van der Waals surface area (Å²) in [6.45, 7) is 0. The van der Waals surface area contributed by atoms with Gasteiger partial charge in [-0.3, -0.25) is 9.00 Å². The van der Waals surface area contributed by atoms with Crippen LogP contribution in [0, 0.1) is 0 Å². The lowest BCUT2D eigenvalue weighted by molar-refractivity contribution is 0.102. The Bertz CT molecular complexity index is 1050. The van der Waals surface area contributed by atoms with E-state index in [1.165, 1.54) is 0 Å². The fourth-order valence-electron chi connectivity index (χ4n) is 2.86. The Balaban J connectivity index is 1.77. The monoisotopic (exact) mass is 405 g/mol. The van der Waals surface area contributed by atoms with Gasteiger partial charge in [-0.1, -0.05) is 35.3 Å². The van der Waals surface area contributed by atoms with E-state index in [4.69, 9.17) is 23.2 Å². The zero-order valence-electron chi connectivity index (χ0n) is 13.4. The van der Waals surface area contributed by atoms with Crippen LogP contribution in [0.1, 0.15) is 21.6 Å². The molecule has 2 aromatic carbocycles. The van der Waals surface area contributed by atoms with E-state index in [-0.39, 0.29) is 5.91 Å². The van der Waals surface area contributed by atoms with Gasteiger partial charge in [-0.2, -0.15) is 5.10 Å². The van der Waals surface area contributed by atoms with Crippen molar-refractivity contribution in [2.45, 2.75) is 11.5 Å². The Morgan fingerprint density at radius 2 is 1.81 bits per heavy atom. The third-order valence-electron chi connectivity index (χ3n) is 4.04. The van der Waals surface area contributed by atoms with Gasteiger partial charge in [0, 0.05) is 32.0 Å². The van der Waals surface area contributed by atoms with E-state index in [0.29, 0.717) is 32.9 Å². The summed E-state index contributed by atoms with van der Waals surface area (Å²) in [6.07, 6.45) is 0. The second-order valence-electron chi connectivity index (χ2n) is 5.86. The molecular weight excluding hydrogens is 393 g/mol. The molecule has 0 radical (unpaired) electrons. The maximum absolute atomic E-state index is 12.7. The Morgan fingerprint density at radius 1 is 1.08 bits per heavy atom. The fraction of sp³-hybridized carbons (Fsp3) is 0.111. The summed E-state index contributed by atoms with van der Waals surface area (Å²) >= 11 is 12.1. The second kappa shape index (κ2) is 6.87. The third-order valence-corrected chi connectivity index (χ3v) is 5.72. The largest absolute Gasteiger partial charge is 0.306 e. The Morgan fingerprint density at radius 3 is 2.54 bits per heavy atom. The molecule has 1 aliphatic heterocycles. The van der Waals surface area contributed by atoms with E-state index < -0.39 is 10.8 Å². The molecule has 2 heterocycles. The van der Waals surface area contributed by atoms with Gasteiger partial charge in [-0.25, -0.2) is 4.68 Å². The highest BCUT2D eigenvalue weighted by atomic mass is 35.5. The Hall–Kier alpha value is -2.15. The van der Waals surface area contributed by atoms with Gasteiger partial charge < -0.3 is 5.32 Å². The van der Waals surface area contributed by atoms with Gasteiger partial charge in [0.05, 0.1) is 22.9 Å². The quantitative estimate of drug-likeness (QED) is 0.710. The average Bonchev–Trinajstić information content (AvgIpc) is 3.12. The summed E-state index contributed by atoms with van der Waals surface area (Å²) in [5.41, 5.74) is 2.67. The molecule has 0 saturated carbocycles. The predicted molar refractivity (Wildman–Crippen MR) is 104 cm³/mol. The topological polar surface area (TPSA) is 64.0 Å². The van der Waals surface area contributed by atoms with Crippen molar-refractivity contribution in [3.8, 4) is 5.69 Å². The molecule has 1 N–H and O–H groups in total. The van der Waals surface area contributed by atoms with Crippen molar-refractivity contribution < 1.29 is 9.00 Å². The predicted octanol–water partition coefficient (Wildman–Crippen LogP) is 4.19. The van der Waals surface area contributed by atoms with E-state index in [9.17, 15) is 9.00 Å². The number of carbonyl (C=O) groups excluding carboxylic acids is 1. The lowest BCUT2D eigenvalue weighted by Crippen LogP contribution is -2.16. The van der Waals surface area contributed by atoms with Crippen molar-refractivity contribution in [3.63, 3.8) is 0 Å². The van der Waals surface area contributed by atoms with Crippen molar-refractivity contribution in [1.82, 2.24) is 9.78 Å². The van der Waals surface area contributed by atoms with Gasteiger partial charge in [-0.15, -0.1) is 0 Å². The highest BCUT2D eigenvalue weighted by Gasteiger charge is 2.28. The number of hydrogen-bond acceptors (Lipinski definition) is 3. The van der Waals surface area contributed by atoms with E-state index >= 15 is 0 Å².